The van der Waals surface area contributed by atoms with Crippen LogP contribution in [0.4, 0.5) is 0 Å². The van der Waals surface area contributed by atoms with Crippen molar-refractivity contribution in [3.8, 4) is 0 Å². The molecule has 4 saturated carbocycles. The van der Waals surface area contributed by atoms with Gasteiger partial charge in [-0.1, -0.05) is 13.8 Å². The molecule has 0 aromatic carbocycles. The van der Waals surface area contributed by atoms with Crippen LogP contribution in [0.15, 0.2) is 27.6 Å². The van der Waals surface area contributed by atoms with Crippen molar-refractivity contribution >= 4 is 0 Å². The Morgan fingerprint density at radius 1 is 1.00 bits per heavy atom. The smallest absolute Gasteiger partial charge is 0.335 e. The molecule has 5 rings (SSSR count). The number of hydrogen-bond donors (Lipinski definition) is 4. The van der Waals surface area contributed by atoms with Crippen LogP contribution in [0.2, 0.25) is 0 Å². The molecule has 30 heavy (non-hydrogen) atoms. The lowest BCUT2D eigenvalue weighted by Crippen LogP contribution is -2.69. The van der Waals surface area contributed by atoms with Gasteiger partial charge in [0.1, 0.15) is 0 Å². The Morgan fingerprint density at radius 3 is 2.47 bits per heavy atom. The van der Waals surface area contributed by atoms with Gasteiger partial charge < -0.3 is 24.8 Å². The fourth-order valence-electron chi connectivity index (χ4n) is 8.38. The van der Waals surface area contributed by atoms with Gasteiger partial charge in [0.05, 0.1) is 30.2 Å². The van der Waals surface area contributed by atoms with E-state index < -0.39 is 34.8 Å². The molecule has 1 heterocycles. The highest BCUT2D eigenvalue weighted by atomic mass is 16.4. The normalized spacial score (nSPS) is 52.9. The van der Waals surface area contributed by atoms with Gasteiger partial charge in [-0.2, -0.15) is 0 Å². The molecule has 10 unspecified atom stereocenters. The lowest BCUT2D eigenvalue weighted by molar-refractivity contribution is -0.267. The van der Waals surface area contributed by atoms with Crippen molar-refractivity contribution in [2.75, 3.05) is 0 Å². The zero-order valence-corrected chi connectivity index (χ0v) is 17.8. The van der Waals surface area contributed by atoms with Gasteiger partial charge in [0.2, 0.25) is 0 Å². The van der Waals surface area contributed by atoms with E-state index in [0.717, 1.165) is 18.4 Å². The van der Waals surface area contributed by atoms with E-state index in [1.165, 1.54) is 12.3 Å². The van der Waals surface area contributed by atoms with Crippen LogP contribution in [0.3, 0.4) is 0 Å². The van der Waals surface area contributed by atoms with E-state index in [-0.39, 0.29) is 29.3 Å². The molecule has 4 aliphatic rings. The van der Waals surface area contributed by atoms with Gasteiger partial charge >= 0.3 is 5.63 Å². The minimum atomic E-state index is -1.10. The number of rotatable bonds is 1. The second-order valence-corrected chi connectivity index (χ2v) is 11.1. The van der Waals surface area contributed by atoms with Crippen LogP contribution in [0, 0.1) is 28.6 Å². The maximum Gasteiger partial charge on any atom is 0.335 e. The largest absolute Gasteiger partial charge is 0.431 e. The first-order valence-electron chi connectivity index (χ1n) is 11.5. The van der Waals surface area contributed by atoms with E-state index in [1.807, 2.05) is 6.92 Å². The molecule has 4 aliphatic carbocycles. The summed E-state index contributed by atoms with van der Waals surface area (Å²) < 4.78 is 5.11. The SMILES string of the molecule is CC12CCC(O)CC1CC(O)C1C2C(O)CC2(C)C(c3ccc(=O)oc3)CCC12O. The van der Waals surface area contributed by atoms with E-state index in [9.17, 15) is 25.2 Å². The molecular formula is C24H34O6. The Labute approximate surface area is 176 Å². The average molecular weight is 419 g/mol. The molecule has 6 heteroatoms. The molecule has 4 N–H and O–H groups in total. The average Bonchev–Trinajstić information content (AvgIpc) is 2.95. The minimum Gasteiger partial charge on any atom is -0.431 e. The molecular weight excluding hydrogens is 384 g/mol. The van der Waals surface area contributed by atoms with Crippen LogP contribution in [-0.2, 0) is 0 Å². The molecule has 1 aromatic heterocycles. The molecule has 10 atom stereocenters. The first kappa shape index (κ1) is 20.7. The second-order valence-electron chi connectivity index (χ2n) is 11.1. The van der Waals surface area contributed by atoms with E-state index in [1.54, 1.807) is 6.07 Å². The second kappa shape index (κ2) is 6.64. The van der Waals surface area contributed by atoms with Crippen molar-refractivity contribution in [2.24, 2.45) is 28.6 Å². The topological polar surface area (TPSA) is 111 Å². The molecule has 0 aliphatic heterocycles. The minimum absolute atomic E-state index is 0.0478. The predicted octanol–water partition coefficient (Wildman–Crippen LogP) is 2.18. The third kappa shape index (κ3) is 2.60. The zero-order valence-electron chi connectivity index (χ0n) is 17.8. The lowest BCUT2D eigenvalue weighted by atomic mass is 9.41. The number of aliphatic hydroxyl groups excluding tert-OH is 3. The fourth-order valence-corrected chi connectivity index (χ4v) is 8.38. The Kier molecular flexibility index (Phi) is 4.58. The summed E-state index contributed by atoms with van der Waals surface area (Å²) in [7, 11) is 0. The highest BCUT2D eigenvalue weighted by Crippen LogP contribution is 2.70. The summed E-state index contributed by atoms with van der Waals surface area (Å²) in [5.74, 6) is -0.484. The summed E-state index contributed by atoms with van der Waals surface area (Å²) in [6, 6.07) is 3.18. The van der Waals surface area contributed by atoms with E-state index in [0.29, 0.717) is 32.1 Å². The van der Waals surface area contributed by atoms with Gasteiger partial charge in [-0.25, -0.2) is 4.79 Å². The van der Waals surface area contributed by atoms with E-state index >= 15 is 0 Å². The first-order valence-corrected chi connectivity index (χ1v) is 11.5. The molecule has 0 bridgehead atoms. The van der Waals surface area contributed by atoms with Gasteiger partial charge in [0.25, 0.3) is 0 Å². The zero-order chi connectivity index (χ0) is 21.5. The standard InChI is InChI=1S/C24H34O6/c1-22-7-5-15(25)9-14(22)10-17(26)21-20(22)18(27)11-23(2)16(6-8-24(21,23)29)13-3-4-19(28)30-12-13/h3-4,12,14-18,20-21,25-27,29H,5-11H2,1-2H3. The summed E-state index contributed by atoms with van der Waals surface area (Å²) in [6.07, 6.45) is 4.28. The number of hydrogen-bond acceptors (Lipinski definition) is 6. The van der Waals surface area contributed by atoms with Crippen LogP contribution in [0.1, 0.15) is 70.3 Å². The summed E-state index contributed by atoms with van der Waals surface area (Å²) in [6.45, 7) is 4.22. The van der Waals surface area contributed by atoms with Gasteiger partial charge in [0.15, 0.2) is 0 Å². The number of aliphatic hydroxyl groups is 4. The van der Waals surface area contributed by atoms with Crippen LogP contribution < -0.4 is 5.63 Å². The predicted molar refractivity (Wildman–Crippen MR) is 110 cm³/mol. The van der Waals surface area contributed by atoms with Crippen molar-refractivity contribution in [3.05, 3.63) is 34.4 Å². The lowest BCUT2D eigenvalue weighted by Gasteiger charge is -2.66. The maximum atomic E-state index is 12.2. The summed E-state index contributed by atoms with van der Waals surface area (Å²) in [5.41, 5.74) is -1.44. The van der Waals surface area contributed by atoms with Gasteiger partial charge in [-0.05, 0) is 79.7 Å². The maximum absolute atomic E-state index is 12.2. The van der Waals surface area contributed by atoms with Gasteiger partial charge in [0, 0.05) is 17.4 Å². The van der Waals surface area contributed by atoms with Crippen molar-refractivity contribution in [1.29, 1.82) is 0 Å². The van der Waals surface area contributed by atoms with Crippen LogP contribution >= 0.6 is 0 Å². The molecule has 0 amide bonds. The summed E-state index contributed by atoms with van der Waals surface area (Å²) >= 11 is 0. The summed E-state index contributed by atoms with van der Waals surface area (Å²) in [5, 5.41) is 45.1. The third-order valence-electron chi connectivity index (χ3n) is 9.89. The molecule has 4 fully saturated rings. The van der Waals surface area contributed by atoms with Gasteiger partial charge in [-0.3, -0.25) is 0 Å². The molecule has 0 saturated heterocycles. The molecule has 1 aromatic rings. The van der Waals surface area contributed by atoms with Crippen LogP contribution in [-0.4, -0.2) is 44.3 Å². The molecule has 166 valence electrons. The first-order chi connectivity index (χ1) is 14.1. The Hall–Kier alpha value is -1.21. The Bertz CT molecular complexity index is 862. The number of fused-ring (bicyclic) bond motifs is 5. The van der Waals surface area contributed by atoms with E-state index in [4.69, 9.17) is 4.42 Å². The third-order valence-corrected chi connectivity index (χ3v) is 9.89. The highest BCUT2D eigenvalue weighted by Gasteiger charge is 2.71. The Balaban J connectivity index is 1.56. The fraction of sp³-hybridized carbons (Fsp3) is 0.792. The Morgan fingerprint density at radius 2 is 1.77 bits per heavy atom. The quantitative estimate of drug-likeness (QED) is 0.556. The van der Waals surface area contributed by atoms with Crippen molar-refractivity contribution in [2.45, 2.75) is 88.6 Å². The van der Waals surface area contributed by atoms with Crippen LogP contribution in [0.25, 0.3) is 0 Å². The summed E-state index contributed by atoms with van der Waals surface area (Å²) in [4.78, 5) is 11.4. The van der Waals surface area contributed by atoms with Crippen molar-refractivity contribution < 1.29 is 24.8 Å². The van der Waals surface area contributed by atoms with Gasteiger partial charge in [-0.15, -0.1) is 0 Å². The molecule has 6 nitrogen and oxygen atoms in total. The monoisotopic (exact) mass is 418 g/mol. The molecule has 0 radical (unpaired) electrons. The highest BCUT2D eigenvalue weighted by molar-refractivity contribution is 5.28. The van der Waals surface area contributed by atoms with E-state index in [2.05, 4.69) is 6.92 Å². The molecule has 0 spiro atoms. The van der Waals surface area contributed by atoms with Crippen molar-refractivity contribution in [1.82, 2.24) is 0 Å². The van der Waals surface area contributed by atoms with Crippen LogP contribution in [0.5, 0.6) is 0 Å². The van der Waals surface area contributed by atoms with Crippen molar-refractivity contribution in [3.63, 3.8) is 0 Å².